The van der Waals surface area contributed by atoms with E-state index < -0.39 is 18.2 Å². The first-order valence-corrected chi connectivity index (χ1v) is 12.9. The number of benzene rings is 4. The second-order valence-electron chi connectivity index (χ2n) is 10.2. The molecule has 3 atom stereocenters. The van der Waals surface area contributed by atoms with Gasteiger partial charge in [0.1, 0.15) is 12.4 Å². The van der Waals surface area contributed by atoms with E-state index in [-0.39, 0.29) is 17.8 Å². The molecule has 0 aromatic heterocycles. The molecule has 5 rings (SSSR count). The minimum atomic E-state index is -1.08. The van der Waals surface area contributed by atoms with Crippen molar-refractivity contribution in [3.63, 3.8) is 0 Å². The summed E-state index contributed by atoms with van der Waals surface area (Å²) >= 11 is 0. The predicted molar refractivity (Wildman–Crippen MR) is 146 cm³/mol. The molecule has 4 aromatic rings. The number of carbonyl (C=O) groups is 1. The Balaban J connectivity index is 1.47. The van der Waals surface area contributed by atoms with E-state index in [4.69, 9.17) is 9.47 Å². The molecule has 3 N–H and O–H groups in total. The van der Waals surface area contributed by atoms with Gasteiger partial charge in [-0.2, -0.15) is 0 Å². The van der Waals surface area contributed by atoms with Crippen LogP contribution in [-0.4, -0.2) is 33.5 Å². The average Bonchev–Trinajstić information content (AvgIpc) is 2.90. The third-order valence-electron chi connectivity index (χ3n) is 7.26. The normalized spacial score (nSPS) is 21.4. The van der Waals surface area contributed by atoms with E-state index in [0.717, 1.165) is 27.5 Å². The Morgan fingerprint density at radius 3 is 2.39 bits per heavy atom. The molecule has 0 amide bonds. The molecule has 4 aromatic carbocycles. The lowest BCUT2D eigenvalue weighted by molar-refractivity contribution is -0.135. The molecule has 38 heavy (non-hydrogen) atoms. The quantitative estimate of drug-likeness (QED) is 0.279. The summed E-state index contributed by atoms with van der Waals surface area (Å²) in [6.07, 6.45) is 1.04. The number of hydrogen-bond acceptors (Lipinski definition) is 5. The minimum Gasteiger partial charge on any atom is -0.489 e. The SMILES string of the molecule is C[C@@H]1CC(O)(c2cccc(COc3ccc4cc(C(=O)O)c(CO)c(-c5ccccc5)c4c3)c2)C[C@H](C)O1. The van der Waals surface area contributed by atoms with Crippen LogP contribution < -0.4 is 4.74 Å². The van der Waals surface area contributed by atoms with Crippen LogP contribution in [0.2, 0.25) is 0 Å². The number of aliphatic hydroxyl groups excluding tert-OH is 1. The van der Waals surface area contributed by atoms with E-state index >= 15 is 0 Å². The first kappa shape index (κ1) is 25.9. The van der Waals surface area contributed by atoms with Gasteiger partial charge in [0.15, 0.2) is 0 Å². The number of aromatic carboxylic acids is 1. The average molecular weight is 513 g/mol. The van der Waals surface area contributed by atoms with Crippen LogP contribution in [0.5, 0.6) is 5.75 Å². The van der Waals surface area contributed by atoms with Gasteiger partial charge < -0.3 is 24.8 Å². The van der Waals surface area contributed by atoms with Crippen molar-refractivity contribution in [2.45, 2.75) is 57.7 Å². The molecule has 6 nitrogen and oxygen atoms in total. The Morgan fingerprint density at radius 2 is 1.71 bits per heavy atom. The number of fused-ring (bicyclic) bond motifs is 1. The molecule has 0 saturated carbocycles. The lowest BCUT2D eigenvalue weighted by Gasteiger charge is -2.39. The van der Waals surface area contributed by atoms with E-state index in [1.807, 2.05) is 86.6 Å². The fourth-order valence-corrected chi connectivity index (χ4v) is 5.68. The van der Waals surface area contributed by atoms with Crippen LogP contribution in [0.25, 0.3) is 21.9 Å². The van der Waals surface area contributed by atoms with Crippen molar-refractivity contribution in [3.05, 3.63) is 101 Å². The molecule has 1 unspecified atom stereocenters. The zero-order chi connectivity index (χ0) is 26.9. The topological polar surface area (TPSA) is 96.2 Å². The van der Waals surface area contributed by atoms with Gasteiger partial charge in [0, 0.05) is 18.4 Å². The highest BCUT2D eigenvalue weighted by molar-refractivity contribution is 6.05. The van der Waals surface area contributed by atoms with Crippen molar-refractivity contribution in [2.75, 3.05) is 0 Å². The van der Waals surface area contributed by atoms with Gasteiger partial charge in [0.2, 0.25) is 0 Å². The van der Waals surface area contributed by atoms with Gasteiger partial charge in [-0.3, -0.25) is 0 Å². The maximum absolute atomic E-state index is 12.0. The summed E-state index contributed by atoms with van der Waals surface area (Å²) in [5.41, 5.74) is 2.81. The van der Waals surface area contributed by atoms with E-state index in [9.17, 15) is 20.1 Å². The summed E-state index contributed by atoms with van der Waals surface area (Å²) < 4.78 is 12.0. The number of carboxylic acid groups (broad SMARTS) is 1. The molecule has 1 aliphatic rings. The molecule has 1 heterocycles. The highest BCUT2D eigenvalue weighted by atomic mass is 16.5. The van der Waals surface area contributed by atoms with Crippen molar-refractivity contribution in [3.8, 4) is 16.9 Å². The standard InChI is InChI=1S/C32H32O6/c1-20-16-32(36,17-21(2)38-20)25-10-6-7-22(13-25)19-37-26-12-11-24-14-28(31(34)35)29(18-33)30(27(24)15-26)23-8-4-3-5-9-23/h3-15,20-21,33,36H,16-19H2,1-2H3,(H,34,35)/t20-,21+,32?. The summed E-state index contributed by atoms with van der Waals surface area (Å²) in [6.45, 7) is 3.87. The summed E-state index contributed by atoms with van der Waals surface area (Å²) in [4.78, 5) is 12.0. The molecular formula is C32H32O6. The minimum absolute atomic E-state index is 0.0227. The number of aliphatic hydroxyl groups is 2. The van der Waals surface area contributed by atoms with Gasteiger partial charge in [0.05, 0.1) is 30.0 Å². The second-order valence-corrected chi connectivity index (χ2v) is 10.2. The lowest BCUT2D eigenvalue weighted by atomic mass is 9.81. The van der Waals surface area contributed by atoms with E-state index in [1.54, 1.807) is 6.07 Å². The van der Waals surface area contributed by atoms with Crippen LogP contribution in [0.4, 0.5) is 0 Å². The second kappa shape index (κ2) is 10.6. The maximum Gasteiger partial charge on any atom is 0.336 e. The number of hydrogen-bond donors (Lipinski definition) is 3. The van der Waals surface area contributed by atoms with E-state index in [0.29, 0.717) is 36.3 Å². The van der Waals surface area contributed by atoms with Gasteiger partial charge in [0.25, 0.3) is 0 Å². The van der Waals surface area contributed by atoms with Crippen molar-refractivity contribution < 1.29 is 29.6 Å². The molecule has 0 aliphatic carbocycles. The van der Waals surface area contributed by atoms with Gasteiger partial charge in [-0.05, 0) is 71.1 Å². The monoisotopic (exact) mass is 512 g/mol. The molecule has 6 heteroatoms. The summed E-state index contributed by atoms with van der Waals surface area (Å²) in [6, 6.07) is 24.5. The van der Waals surface area contributed by atoms with Crippen molar-refractivity contribution in [2.24, 2.45) is 0 Å². The first-order chi connectivity index (χ1) is 18.3. The van der Waals surface area contributed by atoms with Gasteiger partial charge in [-0.15, -0.1) is 0 Å². The van der Waals surface area contributed by atoms with E-state index in [2.05, 4.69) is 0 Å². The largest absolute Gasteiger partial charge is 0.489 e. The Labute approximate surface area is 222 Å². The zero-order valence-corrected chi connectivity index (χ0v) is 21.6. The van der Waals surface area contributed by atoms with E-state index in [1.165, 1.54) is 0 Å². The van der Waals surface area contributed by atoms with Crippen LogP contribution in [0.1, 0.15) is 53.7 Å². The van der Waals surface area contributed by atoms with Crippen molar-refractivity contribution in [1.82, 2.24) is 0 Å². The van der Waals surface area contributed by atoms with Gasteiger partial charge >= 0.3 is 5.97 Å². The molecule has 196 valence electrons. The summed E-state index contributed by atoms with van der Waals surface area (Å²) in [5, 5.41) is 32.9. The highest BCUT2D eigenvalue weighted by Crippen LogP contribution is 2.39. The van der Waals surface area contributed by atoms with Crippen molar-refractivity contribution in [1.29, 1.82) is 0 Å². The molecular weight excluding hydrogens is 480 g/mol. The molecule has 1 fully saturated rings. The van der Waals surface area contributed by atoms with Crippen LogP contribution in [0.15, 0.2) is 78.9 Å². The van der Waals surface area contributed by atoms with Gasteiger partial charge in [-0.1, -0.05) is 54.6 Å². The fourth-order valence-electron chi connectivity index (χ4n) is 5.68. The fraction of sp³-hybridized carbons (Fsp3) is 0.281. The Morgan fingerprint density at radius 1 is 0.974 bits per heavy atom. The maximum atomic E-state index is 12.0. The van der Waals surface area contributed by atoms with Crippen LogP contribution in [-0.2, 0) is 23.6 Å². The van der Waals surface area contributed by atoms with Crippen LogP contribution >= 0.6 is 0 Å². The summed E-state index contributed by atoms with van der Waals surface area (Å²) in [5.74, 6) is -0.456. The number of carboxylic acids is 1. The third-order valence-corrected chi connectivity index (χ3v) is 7.26. The predicted octanol–water partition coefficient (Wildman–Crippen LogP) is 6.05. The highest BCUT2D eigenvalue weighted by Gasteiger charge is 2.38. The number of ether oxygens (including phenoxy) is 2. The smallest absolute Gasteiger partial charge is 0.336 e. The lowest BCUT2D eigenvalue weighted by Crippen LogP contribution is -2.41. The molecule has 0 spiro atoms. The van der Waals surface area contributed by atoms with Crippen LogP contribution in [0, 0.1) is 0 Å². The first-order valence-electron chi connectivity index (χ1n) is 12.9. The molecule has 1 saturated heterocycles. The molecule has 0 bridgehead atoms. The third kappa shape index (κ3) is 5.16. The molecule has 1 aliphatic heterocycles. The molecule has 0 radical (unpaired) electrons. The zero-order valence-electron chi connectivity index (χ0n) is 21.6. The summed E-state index contributed by atoms with van der Waals surface area (Å²) in [7, 11) is 0. The number of rotatable bonds is 7. The van der Waals surface area contributed by atoms with Crippen molar-refractivity contribution >= 4 is 16.7 Å². The Bertz CT molecular complexity index is 1450. The Hall–Kier alpha value is -3.71. The van der Waals surface area contributed by atoms with Gasteiger partial charge in [-0.25, -0.2) is 4.79 Å². The Kier molecular flexibility index (Phi) is 7.21. The van der Waals surface area contributed by atoms with Crippen LogP contribution in [0.3, 0.4) is 0 Å².